The molecule has 0 aliphatic carbocycles. The fourth-order valence-corrected chi connectivity index (χ4v) is 3.08. The molecule has 6 N–H and O–H groups in total. The average Bonchev–Trinajstić information content (AvgIpc) is 2.50. The van der Waals surface area contributed by atoms with E-state index in [4.69, 9.17) is 9.11 Å². The Labute approximate surface area is 145 Å². The van der Waals surface area contributed by atoms with Gasteiger partial charge in [0.1, 0.15) is 15.5 Å². The van der Waals surface area contributed by atoms with Crippen LogP contribution in [0.15, 0.2) is 44.3 Å². The van der Waals surface area contributed by atoms with E-state index in [1.54, 1.807) is 0 Å². The highest BCUT2D eigenvalue weighted by Gasteiger charge is 2.26. The van der Waals surface area contributed by atoms with Crippen molar-refractivity contribution in [1.29, 1.82) is 0 Å². The van der Waals surface area contributed by atoms with Crippen molar-refractivity contribution in [2.45, 2.75) is 9.79 Å². The van der Waals surface area contributed by atoms with Crippen molar-refractivity contribution in [3.63, 3.8) is 0 Å². The second-order valence-corrected chi connectivity index (χ2v) is 7.52. The van der Waals surface area contributed by atoms with Gasteiger partial charge >= 0.3 is 0 Å². The number of rotatable bonds is 4. The van der Waals surface area contributed by atoms with Crippen molar-refractivity contribution >= 4 is 31.6 Å². The van der Waals surface area contributed by atoms with Crippen LogP contribution in [-0.4, -0.2) is 46.4 Å². The highest BCUT2D eigenvalue weighted by atomic mass is 32.2. The number of aromatic hydroxyl groups is 4. The molecule has 0 aromatic heterocycles. The van der Waals surface area contributed by atoms with Gasteiger partial charge in [0.15, 0.2) is 17.2 Å². The maximum absolute atomic E-state index is 11.2. The second-order valence-electron chi connectivity index (χ2n) is 4.74. The zero-order valence-electron chi connectivity index (χ0n) is 12.3. The molecule has 14 heteroatoms. The zero-order valence-corrected chi connectivity index (χ0v) is 14.0. The third-order valence-corrected chi connectivity index (χ3v) is 4.70. The number of hydrogen-bond donors (Lipinski definition) is 6. The molecular weight excluding hydrogens is 396 g/mol. The number of hydrogen-bond acceptors (Lipinski definition) is 10. The van der Waals surface area contributed by atoms with Gasteiger partial charge in [-0.25, -0.2) is 0 Å². The van der Waals surface area contributed by atoms with Crippen LogP contribution in [0.25, 0.3) is 0 Å². The summed E-state index contributed by atoms with van der Waals surface area (Å²) in [4.78, 5) is -2.53. The standard InChI is InChI=1S/C12H10N2O10S2/c15-7-2-1-6(10(16)11(7)17)14-13-5-3-8(25(19,20)21)12(18)9(4-5)26(22,23)24/h1-4,15-18H,(H,19,20,21)(H,22,23,24). The van der Waals surface area contributed by atoms with E-state index in [0.29, 0.717) is 12.1 Å². The molecular formula is C12H10N2O10S2. The van der Waals surface area contributed by atoms with Crippen LogP contribution in [0.5, 0.6) is 23.0 Å². The molecule has 2 aromatic rings. The first-order chi connectivity index (χ1) is 11.8. The van der Waals surface area contributed by atoms with Crippen LogP contribution in [0.3, 0.4) is 0 Å². The molecule has 12 nitrogen and oxygen atoms in total. The minimum Gasteiger partial charge on any atom is -0.505 e. The van der Waals surface area contributed by atoms with Crippen molar-refractivity contribution in [3.8, 4) is 23.0 Å². The van der Waals surface area contributed by atoms with Crippen molar-refractivity contribution in [2.24, 2.45) is 10.2 Å². The summed E-state index contributed by atoms with van der Waals surface area (Å²) in [5.74, 6) is -3.88. The van der Waals surface area contributed by atoms with Gasteiger partial charge < -0.3 is 20.4 Å². The summed E-state index contributed by atoms with van der Waals surface area (Å²) in [5.41, 5.74) is -0.954. The maximum Gasteiger partial charge on any atom is 0.298 e. The van der Waals surface area contributed by atoms with E-state index in [0.717, 1.165) is 12.1 Å². The number of benzene rings is 2. The average molecular weight is 406 g/mol. The molecule has 0 fully saturated rings. The SMILES string of the molecule is O=S(=O)(O)c1cc(N=Nc2ccc(O)c(O)c2O)cc(S(=O)(=O)O)c1O. The Hall–Kier alpha value is -2.94. The van der Waals surface area contributed by atoms with Gasteiger partial charge in [-0.15, -0.1) is 5.11 Å². The fraction of sp³-hybridized carbons (Fsp3) is 0. The summed E-state index contributed by atoms with van der Waals surface area (Å²) in [6.45, 7) is 0. The third kappa shape index (κ3) is 3.83. The van der Waals surface area contributed by atoms with E-state index in [-0.39, 0.29) is 0 Å². The van der Waals surface area contributed by atoms with Crippen molar-refractivity contribution in [1.82, 2.24) is 0 Å². The number of azo groups is 1. The van der Waals surface area contributed by atoms with Gasteiger partial charge in [0.05, 0.1) is 5.69 Å². The molecule has 0 aliphatic rings. The number of nitrogens with zero attached hydrogens (tertiary/aromatic N) is 2. The molecule has 0 saturated carbocycles. The molecule has 0 saturated heterocycles. The van der Waals surface area contributed by atoms with Crippen LogP contribution in [0, 0.1) is 0 Å². The van der Waals surface area contributed by atoms with E-state index in [1.165, 1.54) is 0 Å². The Kier molecular flexibility index (Phi) is 4.78. The molecule has 0 heterocycles. The quantitative estimate of drug-likeness (QED) is 0.244. The molecule has 0 spiro atoms. The van der Waals surface area contributed by atoms with Crippen molar-refractivity contribution in [3.05, 3.63) is 24.3 Å². The minimum atomic E-state index is -5.09. The van der Waals surface area contributed by atoms with E-state index in [1.807, 2.05) is 0 Å². The van der Waals surface area contributed by atoms with E-state index in [9.17, 15) is 37.3 Å². The highest BCUT2D eigenvalue weighted by molar-refractivity contribution is 7.86. The summed E-state index contributed by atoms with van der Waals surface area (Å²) < 4.78 is 63.1. The number of phenols is 4. The lowest BCUT2D eigenvalue weighted by Gasteiger charge is -2.07. The van der Waals surface area contributed by atoms with Crippen LogP contribution in [0.1, 0.15) is 0 Å². The Morgan fingerprint density at radius 3 is 1.65 bits per heavy atom. The lowest BCUT2D eigenvalue weighted by Crippen LogP contribution is -2.04. The van der Waals surface area contributed by atoms with E-state index in [2.05, 4.69) is 10.2 Å². The summed E-state index contributed by atoms with van der Waals surface area (Å²) in [7, 11) is -10.2. The maximum atomic E-state index is 11.2. The monoisotopic (exact) mass is 406 g/mol. The molecule has 0 atom stereocenters. The predicted molar refractivity (Wildman–Crippen MR) is 83.3 cm³/mol. The Morgan fingerprint density at radius 2 is 1.19 bits per heavy atom. The third-order valence-electron chi connectivity index (χ3n) is 2.96. The number of phenolic OH excluding ortho intramolecular Hbond substituents is 4. The molecule has 0 unspecified atom stereocenters. The Balaban J connectivity index is 2.66. The molecule has 0 radical (unpaired) electrons. The Morgan fingerprint density at radius 1 is 0.692 bits per heavy atom. The zero-order chi connectivity index (χ0) is 19.9. The summed E-state index contributed by atoms with van der Waals surface area (Å²) in [5, 5.41) is 44.6. The van der Waals surface area contributed by atoms with Crippen LogP contribution in [0.2, 0.25) is 0 Å². The van der Waals surface area contributed by atoms with Gasteiger partial charge in [-0.1, -0.05) is 0 Å². The van der Waals surface area contributed by atoms with Gasteiger partial charge in [0.25, 0.3) is 20.2 Å². The topological polar surface area (TPSA) is 214 Å². The summed E-state index contributed by atoms with van der Waals surface area (Å²) >= 11 is 0. The predicted octanol–water partition coefficient (Wildman–Crippen LogP) is 1.42. The van der Waals surface area contributed by atoms with Crippen LogP contribution in [-0.2, 0) is 20.2 Å². The summed E-state index contributed by atoms with van der Waals surface area (Å²) in [6.07, 6.45) is 0. The lowest BCUT2D eigenvalue weighted by molar-refractivity contribution is 0.368. The first kappa shape index (κ1) is 19.4. The molecule has 2 rings (SSSR count). The lowest BCUT2D eigenvalue weighted by atomic mass is 10.2. The van der Waals surface area contributed by atoms with Crippen molar-refractivity contribution < 1.29 is 46.4 Å². The van der Waals surface area contributed by atoms with Crippen molar-refractivity contribution in [2.75, 3.05) is 0 Å². The van der Waals surface area contributed by atoms with E-state index < -0.39 is 64.4 Å². The van der Waals surface area contributed by atoms with Gasteiger partial charge in [-0.2, -0.15) is 21.9 Å². The normalized spacial score (nSPS) is 12.5. The molecule has 26 heavy (non-hydrogen) atoms. The van der Waals surface area contributed by atoms with E-state index >= 15 is 0 Å². The largest absolute Gasteiger partial charge is 0.505 e. The second kappa shape index (κ2) is 6.41. The smallest absolute Gasteiger partial charge is 0.298 e. The van der Waals surface area contributed by atoms with Gasteiger partial charge in [0.2, 0.25) is 5.75 Å². The molecule has 0 bridgehead atoms. The van der Waals surface area contributed by atoms with Crippen LogP contribution >= 0.6 is 0 Å². The first-order valence-electron chi connectivity index (χ1n) is 6.30. The Bertz CT molecular complexity index is 1070. The highest BCUT2D eigenvalue weighted by Crippen LogP contribution is 2.42. The van der Waals surface area contributed by atoms with Gasteiger partial charge in [-0.3, -0.25) is 9.11 Å². The molecule has 2 aromatic carbocycles. The van der Waals surface area contributed by atoms with Gasteiger partial charge in [-0.05, 0) is 24.3 Å². The molecule has 140 valence electrons. The first-order valence-corrected chi connectivity index (χ1v) is 9.18. The van der Waals surface area contributed by atoms with Gasteiger partial charge in [0, 0.05) is 0 Å². The summed E-state index contributed by atoms with van der Waals surface area (Å²) in [6, 6.07) is 3.05. The molecule has 0 aliphatic heterocycles. The van der Waals surface area contributed by atoms with Crippen LogP contribution in [0.4, 0.5) is 11.4 Å². The van der Waals surface area contributed by atoms with Crippen LogP contribution < -0.4 is 0 Å². The molecule has 0 amide bonds. The minimum absolute atomic E-state index is 0.393. The fourth-order valence-electron chi connectivity index (χ4n) is 1.77.